The van der Waals surface area contributed by atoms with E-state index in [1.54, 1.807) is 12.1 Å². The molecule has 1 amide bonds. The van der Waals surface area contributed by atoms with E-state index in [-0.39, 0.29) is 11.7 Å². The van der Waals surface area contributed by atoms with Gasteiger partial charge < -0.3 is 5.32 Å². The van der Waals surface area contributed by atoms with Gasteiger partial charge in [-0.3, -0.25) is 4.79 Å². The van der Waals surface area contributed by atoms with E-state index >= 15 is 0 Å². The molecule has 0 heterocycles. The van der Waals surface area contributed by atoms with E-state index in [4.69, 9.17) is 0 Å². The topological polar surface area (TPSA) is 29.1 Å². The van der Waals surface area contributed by atoms with Gasteiger partial charge in [-0.05, 0) is 42.9 Å². The fourth-order valence-corrected chi connectivity index (χ4v) is 2.17. The molecule has 1 aliphatic rings. The standard InChI is InChI=1S/C15H18FNO/c16-14-7-5-12(6-8-14)9-10-17-15(18)11-13-3-1-2-4-13/h1,3,5-8,13H,2,4,9-11H2,(H,17,18)/t13-/m0/s1. The Labute approximate surface area is 107 Å². The molecule has 0 aliphatic heterocycles. The first-order valence-corrected chi connectivity index (χ1v) is 6.42. The van der Waals surface area contributed by atoms with Crippen LogP contribution in [-0.4, -0.2) is 12.5 Å². The van der Waals surface area contributed by atoms with E-state index in [9.17, 15) is 9.18 Å². The summed E-state index contributed by atoms with van der Waals surface area (Å²) in [7, 11) is 0. The van der Waals surface area contributed by atoms with Gasteiger partial charge in [-0.1, -0.05) is 24.3 Å². The molecule has 1 aromatic carbocycles. The molecule has 0 saturated carbocycles. The fraction of sp³-hybridized carbons (Fsp3) is 0.400. The van der Waals surface area contributed by atoms with Gasteiger partial charge in [-0.15, -0.1) is 0 Å². The van der Waals surface area contributed by atoms with Gasteiger partial charge in [-0.2, -0.15) is 0 Å². The van der Waals surface area contributed by atoms with E-state index in [2.05, 4.69) is 17.5 Å². The highest BCUT2D eigenvalue weighted by Gasteiger charge is 2.13. The molecule has 0 unspecified atom stereocenters. The molecule has 1 aromatic rings. The largest absolute Gasteiger partial charge is 0.356 e. The summed E-state index contributed by atoms with van der Waals surface area (Å²) in [6.45, 7) is 0.612. The summed E-state index contributed by atoms with van der Waals surface area (Å²) in [5, 5.41) is 2.91. The number of carbonyl (C=O) groups excluding carboxylic acids is 1. The third kappa shape index (κ3) is 3.99. The van der Waals surface area contributed by atoms with E-state index < -0.39 is 0 Å². The van der Waals surface area contributed by atoms with Crippen molar-refractivity contribution in [2.45, 2.75) is 25.7 Å². The van der Waals surface area contributed by atoms with Crippen LogP contribution >= 0.6 is 0 Å². The van der Waals surface area contributed by atoms with Crippen LogP contribution in [0.1, 0.15) is 24.8 Å². The van der Waals surface area contributed by atoms with Crippen LogP contribution in [0, 0.1) is 11.7 Å². The summed E-state index contributed by atoms with van der Waals surface area (Å²) in [6.07, 6.45) is 7.77. The second-order valence-electron chi connectivity index (χ2n) is 4.70. The molecule has 1 N–H and O–H groups in total. The van der Waals surface area contributed by atoms with Crippen molar-refractivity contribution in [3.63, 3.8) is 0 Å². The summed E-state index contributed by atoms with van der Waals surface area (Å²) in [6, 6.07) is 6.39. The normalized spacial score (nSPS) is 17.9. The second-order valence-corrected chi connectivity index (χ2v) is 4.70. The van der Waals surface area contributed by atoms with Crippen molar-refractivity contribution in [1.82, 2.24) is 5.32 Å². The minimum atomic E-state index is -0.226. The first kappa shape index (κ1) is 12.8. The van der Waals surface area contributed by atoms with Crippen LogP contribution in [0.15, 0.2) is 36.4 Å². The lowest BCUT2D eigenvalue weighted by Crippen LogP contribution is -2.26. The van der Waals surface area contributed by atoms with Gasteiger partial charge in [0.2, 0.25) is 5.91 Å². The molecule has 18 heavy (non-hydrogen) atoms. The van der Waals surface area contributed by atoms with Crippen molar-refractivity contribution in [2.24, 2.45) is 5.92 Å². The third-order valence-corrected chi connectivity index (χ3v) is 3.21. The summed E-state index contributed by atoms with van der Waals surface area (Å²) in [4.78, 5) is 11.6. The zero-order chi connectivity index (χ0) is 12.8. The highest BCUT2D eigenvalue weighted by Crippen LogP contribution is 2.19. The van der Waals surface area contributed by atoms with Gasteiger partial charge in [0.25, 0.3) is 0 Å². The molecule has 0 radical (unpaired) electrons. The maximum absolute atomic E-state index is 12.7. The average Bonchev–Trinajstić information content (AvgIpc) is 2.84. The van der Waals surface area contributed by atoms with Gasteiger partial charge in [-0.25, -0.2) is 4.39 Å². The Bertz CT molecular complexity index is 425. The van der Waals surface area contributed by atoms with Crippen molar-refractivity contribution in [2.75, 3.05) is 6.54 Å². The monoisotopic (exact) mass is 247 g/mol. The van der Waals surface area contributed by atoms with E-state index in [1.165, 1.54) is 12.1 Å². The first-order valence-electron chi connectivity index (χ1n) is 6.42. The van der Waals surface area contributed by atoms with Crippen LogP contribution in [-0.2, 0) is 11.2 Å². The van der Waals surface area contributed by atoms with Crippen molar-refractivity contribution in [3.8, 4) is 0 Å². The Kier molecular flexibility index (Phi) is 4.51. The number of carbonyl (C=O) groups is 1. The lowest BCUT2D eigenvalue weighted by atomic mass is 10.1. The van der Waals surface area contributed by atoms with Crippen molar-refractivity contribution in [1.29, 1.82) is 0 Å². The Morgan fingerprint density at radius 2 is 2.11 bits per heavy atom. The predicted molar refractivity (Wildman–Crippen MR) is 69.6 cm³/mol. The Morgan fingerprint density at radius 3 is 2.78 bits per heavy atom. The predicted octanol–water partition coefficient (Wildman–Crippen LogP) is 2.84. The lowest BCUT2D eigenvalue weighted by Gasteiger charge is -2.08. The van der Waals surface area contributed by atoms with Crippen LogP contribution in [0.2, 0.25) is 0 Å². The van der Waals surface area contributed by atoms with Gasteiger partial charge in [0.1, 0.15) is 5.82 Å². The second kappa shape index (κ2) is 6.34. The molecule has 0 bridgehead atoms. The maximum Gasteiger partial charge on any atom is 0.220 e. The number of hydrogen-bond acceptors (Lipinski definition) is 1. The molecule has 0 spiro atoms. The van der Waals surface area contributed by atoms with Crippen LogP contribution in [0.4, 0.5) is 4.39 Å². The van der Waals surface area contributed by atoms with Crippen LogP contribution in [0.5, 0.6) is 0 Å². The highest BCUT2D eigenvalue weighted by molar-refractivity contribution is 5.76. The number of hydrogen-bond donors (Lipinski definition) is 1. The molecule has 1 aliphatic carbocycles. The van der Waals surface area contributed by atoms with Crippen LogP contribution in [0.25, 0.3) is 0 Å². The van der Waals surface area contributed by atoms with Crippen LogP contribution < -0.4 is 5.32 Å². The molecule has 1 atom stereocenters. The summed E-state index contributed by atoms with van der Waals surface area (Å²) in [5.74, 6) is 0.292. The Balaban J connectivity index is 1.66. The van der Waals surface area contributed by atoms with E-state index in [0.717, 1.165) is 24.8 Å². The van der Waals surface area contributed by atoms with E-state index in [1.807, 2.05) is 0 Å². The number of halogens is 1. The van der Waals surface area contributed by atoms with Crippen LogP contribution in [0.3, 0.4) is 0 Å². The molecule has 2 rings (SSSR count). The summed E-state index contributed by atoms with van der Waals surface area (Å²) in [5.41, 5.74) is 1.04. The molecule has 3 heteroatoms. The van der Waals surface area contributed by atoms with E-state index in [0.29, 0.717) is 18.9 Å². The first-order chi connectivity index (χ1) is 8.74. The molecule has 0 aromatic heterocycles. The molecule has 2 nitrogen and oxygen atoms in total. The average molecular weight is 247 g/mol. The zero-order valence-electron chi connectivity index (χ0n) is 10.4. The summed E-state index contributed by atoms with van der Waals surface area (Å²) >= 11 is 0. The molecule has 0 fully saturated rings. The number of rotatable bonds is 5. The lowest BCUT2D eigenvalue weighted by molar-refractivity contribution is -0.121. The fourth-order valence-electron chi connectivity index (χ4n) is 2.17. The van der Waals surface area contributed by atoms with Crippen molar-refractivity contribution in [3.05, 3.63) is 47.8 Å². The number of amides is 1. The van der Waals surface area contributed by atoms with Gasteiger partial charge in [0, 0.05) is 13.0 Å². The smallest absolute Gasteiger partial charge is 0.220 e. The molecule has 96 valence electrons. The van der Waals surface area contributed by atoms with Gasteiger partial charge in [0.05, 0.1) is 0 Å². The maximum atomic E-state index is 12.7. The van der Waals surface area contributed by atoms with Gasteiger partial charge in [0.15, 0.2) is 0 Å². The SMILES string of the molecule is O=C(C[C@H]1C=CCC1)NCCc1ccc(F)cc1. The van der Waals surface area contributed by atoms with Crippen molar-refractivity contribution >= 4 is 5.91 Å². The molecular weight excluding hydrogens is 229 g/mol. The summed E-state index contributed by atoms with van der Waals surface area (Å²) < 4.78 is 12.7. The number of allylic oxidation sites excluding steroid dienone is 2. The number of benzene rings is 1. The molecular formula is C15H18FNO. The quantitative estimate of drug-likeness (QED) is 0.796. The Morgan fingerprint density at radius 1 is 1.33 bits per heavy atom. The minimum absolute atomic E-state index is 0.105. The highest BCUT2D eigenvalue weighted by atomic mass is 19.1. The Hall–Kier alpha value is -1.64. The van der Waals surface area contributed by atoms with Crippen molar-refractivity contribution < 1.29 is 9.18 Å². The molecule has 0 saturated heterocycles. The minimum Gasteiger partial charge on any atom is -0.356 e. The number of nitrogens with one attached hydrogen (secondary N) is 1. The third-order valence-electron chi connectivity index (χ3n) is 3.21. The zero-order valence-corrected chi connectivity index (χ0v) is 10.4. The van der Waals surface area contributed by atoms with Gasteiger partial charge >= 0.3 is 0 Å².